The van der Waals surface area contributed by atoms with Crippen LogP contribution < -0.4 is 21.1 Å². The first-order valence-electron chi connectivity index (χ1n) is 6.29. The van der Waals surface area contributed by atoms with E-state index in [1.807, 2.05) is 14.0 Å². The van der Waals surface area contributed by atoms with Crippen LogP contribution in [0.15, 0.2) is 23.1 Å². The lowest BCUT2D eigenvalue weighted by atomic mass is 10.3. The normalized spacial score (nSPS) is 11.5. The molecule has 6 nitrogen and oxygen atoms in total. The molecule has 0 amide bonds. The van der Waals surface area contributed by atoms with Crippen LogP contribution in [0.5, 0.6) is 0 Å². The Hall–Kier alpha value is -1.31. The summed E-state index contributed by atoms with van der Waals surface area (Å²) in [7, 11) is -1.71. The molecule has 0 saturated heterocycles. The smallest absolute Gasteiger partial charge is 0.242 e. The van der Waals surface area contributed by atoms with Crippen molar-refractivity contribution in [3.63, 3.8) is 0 Å². The predicted molar refractivity (Wildman–Crippen MR) is 78.8 cm³/mol. The second kappa shape index (κ2) is 7.32. The highest BCUT2D eigenvalue weighted by Gasteiger charge is 2.18. The summed E-state index contributed by atoms with van der Waals surface area (Å²) < 4.78 is 27.0. The third-order valence-electron chi connectivity index (χ3n) is 2.56. The molecule has 0 heterocycles. The molecule has 0 spiro atoms. The summed E-state index contributed by atoms with van der Waals surface area (Å²) in [6.45, 7) is 3.71. The molecule has 0 aliphatic heterocycles. The van der Waals surface area contributed by atoms with Gasteiger partial charge in [-0.05, 0) is 45.1 Å². The van der Waals surface area contributed by atoms with Gasteiger partial charge in [-0.2, -0.15) is 0 Å². The van der Waals surface area contributed by atoms with Gasteiger partial charge in [0.25, 0.3) is 0 Å². The maximum Gasteiger partial charge on any atom is 0.242 e. The molecule has 1 aromatic carbocycles. The fourth-order valence-electron chi connectivity index (χ4n) is 1.65. The average Bonchev–Trinajstić information content (AvgIpc) is 2.37. The summed E-state index contributed by atoms with van der Waals surface area (Å²) in [5.74, 6) is 0. The Balaban J connectivity index is 2.89. The summed E-state index contributed by atoms with van der Waals surface area (Å²) in [6, 6.07) is 4.83. The van der Waals surface area contributed by atoms with Gasteiger partial charge in [0.1, 0.15) is 4.90 Å². The van der Waals surface area contributed by atoms with E-state index >= 15 is 0 Å². The van der Waals surface area contributed by atoms with Crippen molar-refractivity contribution in [2.45, 2.75) is 18.2 Å². The van der Waals surface area contributed by atoms with Crippen LogP contribution in [0.1, 0.15) is 13.3 Å². The second-order valence-electron chi connectivity index (χ2n) is 4.14. The highest BCUT2D eigenvalue weighted by atomic mass is 32.2. The van der Waals surface area contributed by atoms with Crippen LogP contribution in [-0.2, 0) is 10.0 Å². The van der Waals surface area contributed by atoms with Gasteiger partial charge in [-0.15, -0.1) is 0 Å². The van der Waals surface area contributed by atoms with E-state index in [4.69, 9.17) is 5.73 Å². The van der Waals surface area contributed by atoms with E-state index in [2.05, 4.69) is 15.4 Å². The molecule has 0 atom stereocenters. The van der Waals surface area contributed by atoms with E-state index < -0.39 is 10.0 Å². The minimum absolute atomic E-state index is 0.193. The Morgan fingerprint density at radius 3 is 2.63 bits per heavy atom. The van der Waals surface area contributed by atoms with Gasteiger partial charge in [0, 0.05) is 18.8 Å². The predicted octanol–water partition coefficient (Wildman–Crippen LogP) is 0.588. The van der Waals surface area contributed by atoms with Crippen molar-refractivity contribution in [1.29, 1.82) is 0 Å². The number of benzene rings is 1. The lowest BCUT2D eigenvalue weighted by Crippen LogP contribution is -2.27. The highest BCUT2D eigenvalue weighted by molar-refractivity contribution is 7.89. The molecule has 0 bridgehead atoms. The van der Waals surface area contributed by atoms with Crippen molar-refractivity contribution < 1.29 is 8.42 Å². The zero-order valence-electron chi connectivity index (χ0n) is 11.4. The Morgan fingerprint density at radius 2 is 2.00 bits per heavy atom. The van der Waals surface area contributed by atoms with E-state index in [1.165, 1.54) is 6.07 Å². The van der Waals surface area contributed by atoms with E-state index in [1.54, 1.807) is 12.1 Å². The molecule has 0 aromatic heterocycles. The van der Waals surface area contributed by atoms with Crippen LogP contribution in [0.25, 0.3) is 0 Å². The molecule has 0 aliphatic rings. The van der Waals surface area contributed by atoms with E-state index in [-0.39, 0.29) is 4.90 Å². The first-order valence-corrected chi connectivity index (χ1v) is 7.77. The first kappa shape index (κ1) is 15.7. The van der Waals surface area contributed by atoms with Crippen molar-refractivity contribution in [1.82, 2.24) is 10.0 Å². The van der Waals surface area contributed by atoms with Gasteiger partial charge in [-0.3, -0.25) is 0 Å². The maximum absolute atomic E-state index is 12.2. The molecule has 108 valence electrons. The number of hydrogen-bond acceptors (Lipinski definition) is 5. The number of rotatable bonds is 8. The van der Waals surface area contributed by atoms with Gasteiger partial charge in [0.05, 0.1) is 5.69 Å². The van der Waals surface area contributed by atoms with Crippen LogP contribution in [0.4, 0.5) is 11.4 Å². The molecule has 1 rings (SSSR count). The summed E-state index contributed by atoms with van der Waals surface area (Å²) in [5.41, 5.74) is 6.66. The second-order valence-corrected chi connectivity index (χ2v) is 5.88. The third-order valence-corrected chi connectivity index (χ3v) is 4.06. The Kier molecular flexibility index (Phi) is 6.07. The van der Waals surface area contributed by atoms with Crippen LogP contribution in [-0.4, -0.2) is 35.1 Å². The van der Waals surface area contributed by atoms with Gasteiger partial charge in [-0.25, -0.2) is 13.1 Å². The fraction of sp³-hybridized carbons (Fsp3) is 0.500. The topological polar surface area (TPSA) is 96.2 Å². The number of anilines is 2. The molecule has 0 saturated carbocycles. The van der Waals surface area contributed by atoms with Gasteiger partial charge in [0.2, 0.25) is 10.0 Å². The van der Waals surface area contributed by atoms with Crippen LogP contribution in [0.2, 0.25) is 0 Å². The summed E-state index contributed by atoms with van der Waals surface area (Å²) in [4.78, 5) is 0.193. The van der Waals surface area contributed by atoms with Crippen molar-refractivity contribution in [3.8, 4) is 0 Å². The van der Waals surface area contributed by atoms with Crippen molar-refractivity contribution in [2.24, 2.45) is 0 Å². The zero-order valence-corrected chi connectivity index (χ0v) is 12.2. The molecule has 5 N–H and O–H groups in total. The molecule has 0 fully saturated rings. The van der Waals surface area contributed by atoms with Crippen molar-refractivity contribution in [2.75, 3.05) is 37.7 Å². The third kappa shape index (κ3) is 4.70. The minimum Gasteiger partial charge on any atom is -0.399 e. The lowest BCUT2D eigenvalue weighted by molar-refractivity contribution is 0.577. The van der Waals surface area contributed by atoms with E-state index in [9.17, 15) is 8.42 Å². The summed E-state index contributed by atoms with van der Waals surface area (Å²) >= 11 is 0. The maximum atomic E-state index is 12.2. The van der Waals surface area contributed by atoms with Gasteiger partial charge >= 0.3 is 0 Å². The van der Waals surface area contributed by atoms with Gasteiger partial charge in [0.15, 0.2) is 0 Å². The Morgan fingerprint density at radius 1 is 1.26 bits per heavy atom. The molecular weight excluding hydrogens is 264 g/mol. The van der Waals surface area contributed by atoms with E-state index in [0.717, 1.165) is 13.0 Å². The molecule has 0 radical (unpaired) electrons. The average molecular weight is 286 g/mol. The largest absolute Gasteiger partial charge is 0.399 e. The lowest BCUT2D eigenvalue weighted by Gasteiger charge is -2.13. The zero-order chi connectivity index (χ0) is 14.3. The molecular formula is C12H22N4O2S. The number of nitrogens with one attached hydrogen (secondary N) is 3. The number of sulfonamides is 1. The van der Waals surface area contributed by atoms with Gasteiger partial charge < -0.3 is 16.4 Å². The van der Waals surface area contributed by atoms with Crippen LogP contribution in [0, 0.1) is 0 Å². The molecule has 7 heteroatoms. The van der Waals surface area contributed by atoms with Crippen LogP contribution in [0.3, 0.4) is 0 Å². The number of nitrogens with two attached hydrogens (primary N) is 1. The molecule has 0 aliphatic carbocycles. The number of hydrogen-bond donors (Lipinski definition) is 4. The molecule has 1 aromatic rings. The van der Waals surface area contributed by atoms with Crippen molar-refractivity contribution in [3.05, 3.63) is 18.2 Å². The van der Waals surface area contributed by atoms with E-state index in [0.29, 0.717) is 24.5 Å². The van der Waals surface area contributed by atoms with Crippen molar-refractivity contribution >= 4 is 21.4 Å². The van der Waals surface area contributed by atoms with Gasteiger partial charge in [-0.1, -0.05) is 0 Å². The summed E-state index contributed by atoms with van der Waals surface area (Å²) in [6.07, 6.45) is 0.731. The SMILES string of the molecule is CCNc1ccc(N)cc1S(=O)(=O)NCCCNC. The summed E-state index contributed by atoms with van der Waals surface area (Å²) in [5, 5.41) is 5.99. The number of nitrogen functional groups attached to an aromatic ring is 1. The standard InChI is InChI=1S/C12H22N4O2S/c1-3-15-11-6-5-10(13)9-12(11)19(17,18)16-8-4-7-14-2/h5-6,9,14-16H,3-4,7-8,13H2,1-2H3. The molecule has 0 unspecified atom stereocenters. The first-order chi connectivity index (χ1) is 9.01. The molecule has 19 heavy (non-hydrogen) atoms. The fourth-order valence-corrected chi connectivity index (χ4v) is 2.94. The minimum atomic E-state index is -3.54. The highest BCUT2D eigenvalue weighted by Crippen LogP contribution is 2.23. The van der Waals surface area contributed by atoms with Crippen LogP contribution >= 0.6 is 0 Å². The monoisotopic (exact) mass is 286 g/mol. The Bertz CT molecular complexity index is 502. The quantitative estimate of drug-likeness (QED) is 0.414. The Labute approximate surface area is 114 Å².